The van der Waals surface area contributed by atoms with E-state index in [-0.39, 0.29) is 11.3 Å². The Labute approximate surface area is 130 Å². The van der Waals surface area contributed by atoms with Gasteiger partial charge in [-0.2, -0.15) is 0 Å². The molecule has 1 amide bonds. The van der Waals surface area contributed by atoms with E-state index in [1.807, 2.05) is 0 Å². The summed E-state index contributed by atoms with van der Waals surface area (Å²) in [6, 6.07) is 6.78. The Balaban J connectivity index is 2.07. The standard InChI is InChI=1S/C16H14F3NO3/c1-23-9-5-6-10(13(19)7-9)16(22)20-8-14(21)15-11(17)3-2-4-12(15)18/h2-7,14,21H,8H2,1H3,(H,20,22). The van der Waals surface area contributed by atoms with Gasteiger partial charge in [0.25, 0.3) is 5.91 Å². The maximum Gasteiger partial charge on any atom is 0.254 e. The van der Waals surface area contributed by atoms with Gasteiger partial charge < -0.3 is 15.2 Å². The van der Waals surface area contributed by atoms with Crippen molar-refractivity contribution in [2.24, 2.45) is 0 Å². The molecule has 0 spiro atoms. The lowest BCUT2D eigenvalue weighted by molar-refractivity contribution is 0.0907. The Hall–Kier alpha value is -2.54. The summed E-state index contributed by atoms with van der Waals surface area (Å²) in [5.41, 5.74) is -0.824. The number of hydrogen-bond donors (Lipinski definition) is 2. The third kappa shape index (κ3) is 3.81. The van der Waals surface area contributed by atoms with Crippen LogP contribution in [0.2, 0.25) is 0 Å². The lowest BCUT2D eigenvalue weighted by atomic mass is 10.1. The fraction of sp³-hybridized carbons (Fsp3) is 0.188. The van der Waals surface area contributed by atoms with Crippen molar-refractivity contribution in [2.45, 2.75) is 6.10 Å². The molecule has 122 valence electrons. The minimum absolute atomic E-state index is 0.243. The largest absolute Gasteiger partial charge is 0.497 e. The van der Waals surface area contributed by atoms with E-state index in [1.54, 1.807) is 0 Å². The van der Waals surface area contributed by atoms with Crippen molar-refractivity contribution in [3.05, 3.63) is 65.0 Å². The van der Waals surface area contributed by atoms with Crippen molar-refractivity contribution in [3.8, 4) is 5.75 Å². The van der Waals surface area contributed by atoms with Gasteiger partial charge in [0.15, 0.2) is 0 Å². The molecule has 23 heavy (non-hydrogen) atoms. The van der Waals surface area contributed by atoms with Gasteiger partial charge in [-0.15, -0.1) is 0 Å². The van der Waals surface area contributed by atoms with Crippen molar-refractivity contribution in [3.63, 3.8) is 0 Å². The molecule has 2 aromatic rings. The van der Waals surface area contributed by atoms with Crippen LogP contribution in [0.25, 0.3) is 0 Å². The molecule has 2 aromatic carbocycles. The summed E-state index contributed by atoms with van der Waals surface area (Å²) >= 11 is 0. The summed E-state index contributed by atoms with van der Waals surface area (Å²) < 4.78 is 45.6. The number of carbonyl (C=O) groups is 1. The van der Waals surface area contributed by atoms with Gasteiger partial charge >= 0.3 is 0 Å². The molecule has 0 bridgehead atoms. The number of methoxy groups -OCH3 is 1. The summed E-state index contributed by atoms with van der Waals surface area (Å²) in [6.45, 7) is -0.470. The Morgan fingerprint density at radius 3 is 2.39 bits per heavy atom. The van der Waals surface area contributed by atoms with Gasteiger partial charge in [0.2, 0.25) is 0 Å². The summed E-state index contributed by atoms with van der Waals surface area (Å²) in [5, 5.41) is 12.0. The number of ether oxygens (including phenoxy) is 1. The maximum atomic E-state index is 13.7. The molecular weight excluding hydrogens is 311 g/mol. The van der Waals surface area contributed by atoms with E-state index in [9.17, 15) is 23.1 Å². The number of hydrogen-bond acceptors (Lipinski definition) is 3. The smallest absolute Gasteiger partial charge is 0.254 e. The van der Waals surface area contributed by atoms with E-state index in [1.165, 1.54) is 19.2 Å². The highest BCUT2D eigenvalue weighted by molar-refractivity contribution is 5.94. The Morgan fingerprint density at radius 2 is 1.83 bits per heavy atom. The van der Waals surface area contributed by atoms with Crippen molar-refractivity contribution in [1.82, 2.24) is 5.32 Å². The molecule has 0 heterocycles. The highest BCUT2D eigenvalue weighted by Gasteiger charge is 2.19. The van der Waals surface area contributed by atoms with Gasteiger partial charge in [-0.05, 0) is 24.3 Å². The molecule has 0 saturated heterocycles. The zero-order chi connectivity index (χ0) is 17.0. The van der Waals surface area contributed by atoms with Gasteiger partial charge in [0, 0.05) is 12.6 Å². The summed E-state index contributed by atoms with van der Waals surface area (Å²) in [7, 11) is 1.35. The number of rotatable bonds is 5. The van der Waals surface area contributed by atoms with Crippen LogP contribution in [0.1, 0.15) is 22.0 Å². The van der Waals surface area contributed by atoms with E-state index in [0.29, 0.717) is 0 Å². The molecule has 0 saturated carbocycles. The minimum atomic E-state index is -1.60. The fourth-order valence-electron chi connectivity index (χ4n) is 2.02. The van der Waals surface area contributed by atoms with E-state index < -0.39 is 41.6 Å². The van der Waals surface area contributed by atoms with Crippen LogP contribution in [0.5, 0.6) is 5.75 Å². The van der Waals surface area contributed by atoms with Crippen molar-refractivity contribution < 1.29 is 27.8 Å². The van der Waals surface area contributed by atoms with Gasteiger partial charge in [-0.1, -0.05) is 6.07 Å². The number of aliphatic hydroxyl groups excluding tert-OH is 1. The van der Waals surface area contributed by atoms with Crippen LogP contribution in [-0.4, -0.2) is 24.7 Å². The van der Waals surface area contributed by atoms with Crippen LogP contribution < -0.4 is 10.1 Å². The molecule has 0 aromatic heterocycles. The molecule has 0 aliphatic rings. The van der Waals surface area contributed by atoms with Crippen molar-refractivity contribution in [1.29, 1.82) is 0 Å². The van der Waals surface area contributed by atoms with Crippen LogP contribution in [0.4, 0.5) is 13.2 Å². The summed E-state index contributed by atoms with van der Waals surface area (Å²) in [4.78, 5) is 11.9. The van der Waals surface area contributed by atoms with Gasteiger partial charge in [-0.3, -0.25) is 4.79 Å². The lowest BCUT2D eigenvalue weighted by Gasteiger charge is -2.14. The van der Waals surface area contributed by atoms with E-state index >= 15 is 0 Å². The third-order valence-corrected chi connectivity index (χ3v) is 3.21. The summed E-state index contributed by atoms with van der Waals surface area (Å²) in [5.74, 6) is -3.24. The zero-order valence-corrected chi connectivity index (χ0v) is 12.1. The van der Waals surface area contributed by atoms with Crippen LogP contribution in [0.15, 0.2) is 36.4 Å². The number of halogens is 3. The number of amides is 1. The predicted octanol–water partition coefficient (Wildman–Crippen LogP) is 2.58. The van der Waals surface area contributed by atoms with Crippen LogP contribution in [0.3, 0.4) is 0 Å². The van der Waals surface area contributed by atoms with Crippen LogP contribution in [0, 0.1) is 17.5 Å². The number of aliphatic hydroxyl groups is 1. The SMILES string of the molecule is COc1ccc(C(=O)NCC(O)c2c(F)cccc2F)c(F)c1. The molecule has 1 atom stereocenters. The number of benzene rings is 2. The molecule has 0 aliphatic heterocycles. The average Bonchev–Trinajstić information content (AvgIpc) is 2.52. The topological polar surface area (TPSA) is 58.6 Å². The first-order valence-electron chi connectivity index (χ1n) is 6.67. The molecular formula is C16H14F3NO3. The van der Waals surface area contributed by atoms with Gasteiger partial charge in [0.05, 0.1) is 18.2 Å². The van der Waals surface area contributed by atoms with E-state index in [2.05, 4.69) is 5.32 Å². The summed E-state index contributed by atoms with van der Waals surface area (Å²) in [6.07, 6.45) is -1.60. The third-order valence-electron chi connectivity index (χ3n) is 3.21. The molecule has 1 unspecified atom stereocenters. The highest BCUT2D eigenvalue weighted by atomic mass is 19.1. The molecule has 0 radical (unpaired) electrons. The molecule has 0 aliphatic carbocycles. The second kappa shape index (κ2) is 7.15. The molecule has 0 fully saturated rings. The molecule has 7 heteroatoms. The van der Waals surface area contributed by atoms with Crippen molar-refractivity contribution >= 4 is 5.91 Å². The van der Waals surface area contributed by atoms with Crippen LogP contribution in [-0.2, 0) is 0 Å². The predicted molar refractivity (Wildman–Crippen MR) is 76.6 cm³/mol. The first-order valence-corrected chi connectivity index (χ1v) is 6.67. The Bertz CT molecular complexity index is 701. The van der Waals surface area contributed by atoms with Gasteiger partial charge in [0.1, 0.15) is 29.3 Å². The Kier molecular flexibility index (Phi) is 5.23. The first kappa shape index (κ1) is 16.8. The van der Waals surface area contributed by atoms with Crippen molar-refractivity contribution in [2.75, 3.05) is 13.7 Å². The monoisotopic (exact) mass is 325 g/mol. The van der Waals surface area contributed by atoms with Crippen LogP contribution >= 0.6 is 0 Å². The normalized spacial score (nSPS) is 11.9. The molecule has 4 nitrogen and oxygen atoms in total. The highest BCUT2D eigenvalue weighted by Crippen LogP contribution is 2.20. The zero-order valence-electron chi connectivity index (χ0n) is 12.1. The Morgan fingerprint density at radius 1 is 1.17 bits per heavy atom. The quantitative estimate of drug-likeness (QED) is 0.888. The maximum absolute atomic E-state index is 13.7. The second-order valence-corrected chi connectivity index (χ2v) is 4.71. The first-order chi connectivity index (χ1) is 10.9. The molecule has 2 N–H and O–H groups in total. The molecule has 2 rings (SSSR count). The van der Waals surface area contributed by atoms with E-state index in [4.69, 9.17) is 4.74 Å². The van der Waals surface area contributed by atoms with E-state index in [0.717, 1.165) is 24.3 Å². The number of carbonyl (C=O) groups excluding carboxylic acids is 1. The number of nitrogens with one attached hydrogen (secondary N) is 1. The average molecular weight is 325 g/mol. The second-order valence-electron chi connectivity index (χ2n) is 4.71. The fourth-order valence-corrected chi connectivity index (χ4v) is 2.02. The lowest BCUT2D eigenvalue weighted by Crippen LogP contribution is -2.29. The van der Waals surface area contributed by atoms with Gasteiger partial charge in [-0.25, -0.2) is 13.2 Å². The minimum Gasteiger partial charge on any atom is -0.497 e.